The molecule has 0 aliphatic carbocycles. The average molecular weight is 452 g/mol. The number of aromatic nitrogens is 2. The predicted molar refractivity (Wildman–Crippen MR) is 122 cm³/mol. The highest BCUT2D eigenvalue weighted by atomic mass is 16.6. The molecule has 1 amide bonds. The molecule has 1 aromatic heterocycles. The number of benzene rings is 2. The van der Waals surface area contributed by atoms with Crippen LogP contribution in [0, 0.1) is 0 Å². The standard InChI is InChI=1S/C23H24N4O6/c1-5-10-27-23(30)17-9-7-6-8-16(17)20(26-27)22(29)25-24-13-15-11-18(31-3)21(33-14(2)28)19(12-15)32-4/h6-9,11-13H,5,10H2,1-4H3,(H,25,29)/b24-13+. The third-order valence-corrected chi connectivity index (χ3v) is 4.63. The molecule has 0 radical (unpaired) electrons. The van der Waals surface area contributed by atoms with Crippen LogP contribution in [0.2, 0.25) is 0 Å². The van der Waals surface area contributed by atoms with Gasteiger partial charge in [0.05, 0.1) is 25.8 Å². The number of fused-ring (bicyclic) bond motifs is 1. The van der Waals surface area contributed by atoms with E-state index in [0.717, 1.165) is 0 Å². The van der Waals surface area contributed by atoms with Gasteiger partial charge in [0.1, 0.15) is 0 Å². The van der Waals surface area contributed by atoms with Gasteiger partial charge in [0.2, 0.25) is 5.75 Å². The molecular formula is C23H24N4O6. The van der Waals surface area contributed by atoms with Gasteiger partial charge in [0, 0.05) is 24.4 Å². The minimum atomic E-state index is -0.567. The molecule has 0 saturated carbocycles. The van der Waals surface area contributed by atoms with Crippen molar-refractivity contribution >= 4 is 28.9 Å². The highest BCUT2D eigenvalue weighted by Gasteiger charge is 2.17. The second-order valence-electron chi connectivity index (χ2n) is 6.97. The molecule has 0 spiro atoms. The molecule has 0 atom stereocenters. The van der Waals surface area contributed by atoms with Gasteiger partial charge >= 0.3 is 5.97 Å². The van der Waals surface area contributed by atoms with Gasteiger partial charge in [-0.25, -0.2) is 10.1 Å². The second-order valence-corrected chi connectivity index (χ2v) is 6.97. The zero-order valence-electron chi connectivity index (χ0n) is 18.7. The maximum Gasteiger partial charge on any atom is 0.308 e. The first-order valence-electron chi connectivity index (χ1n) is 10.2. The number of nitrogens with zero attached hydrogens (tertiary/aromatic N) is 3. The molecule has 172 valence electrons. The molecule has 0 bridgehead atoms. The number of carbonyl (C=O) groups is 2. The summed E-state index contributed by atoms with van der Waals surface area (Å²) in [4.78, 5) is 36.8. The lowest BCUT2D eigenvalue weighted by atomic mass is 10.1. The van der Waals surface area contributed by atoms with Crippen LogP contribution < -0.4 is 25.2 Å². The Bertz CT molecular complexity index is 1260. The normalized spacial score (nSPS) is 10.9. The molecule has 1 N–H and O–H groups in total. The monoisotopic (exact) mass is 452 g/mol. The van der Waals surface area contributed by atoms with Gasteiger partial charge in [-0.1, -0.05) is 25.1 Å². The first-order chi connectivity index (χ1) is 15.9. The summed E-state index contributed by atoms with van der Waals surface area (Å²) in [6, 6.07) is 9.95. The van der Waals surface area contributed by atoms with Crippen molar-refractivity contribution in [3.63, 3.8) is 0 Å². The summed E-state index contributed by atoms with van der Waals surface area (Å²) >= 11 is 0. The Morgan fingerprint density at radius 3 is 2.33 bits per heavy atom. The summed E-state index contributed by atoms with van der Waals surface area (Å²) in [6.45, 7) is 3.58. The molecule has 33 heavy (non-hydrogen) atoms. The summed E-state index contributed by atoms with van der Waals surface area (Å²) in [6.07, 6.45) is 2.07. The molecule has 0 aliphatic rings. The van der Waals surface area contributed by atoms with Crippen molar-refractivity contribution in [1.82, 2.24) is 15.2 Å². The number of rotatable bonds is 8. The Morgan fingerprint density at radius 1 is 1.12 bits per heavy atom. The van der Waals surface area contributed by atoms with Crippen LogP contribution in [0.3, 0.4) is 0 Å². The quantitative estimate of drug-likeness (QED) is 0.241. The van der Waals surface area contributed by atoms with E-state index in [1.807, 2.05) is 6.92 Å². The lowest BCUT2D eigenvalue weighted by molar-refractivity contribution is -0.132. The first kappa shape index (κ1) is 23.5. The second kappa shape index (κ2) is 10.4. The Labute approximate surface area is 189 Å². The summed E-state index contributed by atoms with van der Waals surface area (Å²) in [5, 5.41) is 9.08. The highest BCUT2D eigenvalue weighted by Crippen LogP contribution is 2.38. The topological polar surface area (TPSA) is 121 Å². The van der Waals surface area contributed by atoms with Crippen molar-refractivity contribution in [2.75, 3.05) is 14.2 Å². The van der Waals surface area contributed by atoms with Crippen molar-refractivity contribution in [2.45, 2.75) is 26.8 Å². The zero-order valence-corrected chi connectivity index (χ0v) is 18.7. The third-order valence-electron chi connectivity index (χ3n) is 4.63. The van der Waals surface area contributed by atoms with Crippen LogP contribution in [0.5, 0.6) is 17.2 Å². The maximum atomic E-state index is 12.8. The fraction of sp³-hybridized carbons (Fsp3) is 0.261. The summed E-state index contributed by atoms with van der Waals surface area (Å²) in [7, 11) is 2.85. The van der Waals surface area contributed by atoms with Crippen LogP contribution in [0.15, 0.2) is 46.3 Å². The minimum Gasteiger partial charge on any atom is -0.493 e. The molecule has 10 heteroatoms. The van der Waals surface area contributed by atoms with Crippen molar-refractivity contribution in [3.05, 3.63) is 58.0 Å². The number of aryl methyl sites for hydroxylation is 1. The van der Waals surface area contributed by atoms with E-state index in [0.29, 0.717) is 29.3 Å². The van der Waals surface area contributed by atoms with E-state index in [4.69, 9.17) is 14.2 Å². The Morgan fingerprint density at radius 2 is 1.76 bits per heavy atom. The van der Waals surface area contributed by atoms with Gasteiger partial charge < -0.3 is 14.2 Å². The zero-order chi connectivity index (χ0) is 24.0. The highest BCUT2D eigenvalue weighted by molar-refractivity contribution is 6.05. The average Bonchev–Trinajstić information content (AvgIpc) is 2.81. The first-order valence-corrected chi connectivity index (χ1v) is 10.2. The summed E-state index contributed by atoms with van der Waals surface area (Å²) < 4.78 is 17.0. The van der Waals surface area contributed by atoms with Gasteiger partial charge in [-0.15, -0.1) is 0 Å². The number of carbonyl (C=O) groups excluding carboxylic acids is 2. The fourth-order valence-corrected chi connectivity index (χ4v) is 3.20. The number of ether oxygens (including phenoxy) is 3. The number of hydrogen-bond donors (Lipinski definition) is 1. The predicted octanol–water partition coefficient (Wildman–Crippen LogP) is 2.51. The molecule has 0 unspecified atom stereocenters. The Balaban J connectivity index is 1.90. The smallest absolute Gasteiger partial charge is 0.308 e. The molecule has 0 saturated heterocycles. The van der Waals surface area contributed by atoms with Crippen LogP contribution in [-0.2, 0) is 11.3 Å². The van der Waals surface area contributed by atoms with E-state index < -0.39 is 11.9 Å². The third kappa shape index (κ3) is 5.17. The van der Waals surface area contributed by atoms with E-state index >= 15 is 0 Å². The Hall–Kier alpha value is -4.21. The Kier molecular flexibility index (Phi) is 7.39. The van der Waals surface area contributed by atoms with Crippen molar-refractivity contribution in [1.29, 1.82) is 0 Å². The fourth-order valence-electron chi connectivity index (χ4n) is 3.20. The van der Waals surface area contributed by atoms with E-state index in [9.17, 15) is 14.4 Å². The lowest BCUT2D eigenvalue weighted by Crippen LogP contribution is -2.29. The van der Waals surface area contributed by atoms with Crippen LogP contribution in [-0.4, -0.2) is 42.1 Å². The van der Waals surface area contributed by atoms with E-state index in [-0.39, 0.29) is 28.5 Å². The number of hydrogen-bond acceptors (Lipinski definition) is 8. The molecule has 0 fully saturated rings. The minimum absolute atomic E-state index is 0.0937. The van der Waals surface area contributed by atoms with E-state index in [1.54, 1.807) is 36.4 Å². The number of esters is 1. The van der Waals surface area contributed by atoms with Crippen molar-refractivity contribution in [3.8, 4) is 17.2 Å². The van der Waals surface area contributed by atoms with Crippen molar-refractivity contribution < 1.29 is 23.8 Å². The number of amides is 1. The van der Waals surface area contributed by atoms with Crippen molar-refractivity contribution in [2.24, 2.45) is 5.10 Å². The summed E-state index contributed by atoms with van der Waals surface area (Å²) in [5.41, 5.74) is 2.80. The molecule has 10 nitrogen and oxygen atoms in total. The lowest BCUT2D eigenvalue weighted by Gasteiger charge is -2.13. The number of nitrogens with one attached hydrogen (secondary N) is 1. The number of hydrazone groups is 1. The van der Waals surface area contributed by atoms with E-state index in [2.05, 4.69) is 15.6 Å². The van der Waals surface area contributed by atoms with Crippen LogP contribution in [0.4, 0.5) is 0 Å². The summed E-state index contributed by atoms with van der Waals surface area (Å²) in [5.74, 6) is -0.428. The van der Waals surface area contributed by atoms with Crippen LogP contribution in [0.1, 0.15) is 36.3 Å². The SMILES string of the molecule is CCCn1nc(C(=O)N/N=C/c2cc(OC)c(OC(C)=O)c(OC)c2)c2ccccc2c1=O. The maximum absolute atomic E-state index is 12.8. The molecule has 0 aliphatic heterocycles. The van der Waals surface area contributed by atoms with Gasteiger partial charge in [0.15, 0.2) is 17.2 Å². The molecule has 3 aromatic rings. The van der Waals surface area contributed by atoms with E-state index in [1.165, 1.54) is 32.0 Å². The molecule has 3 rings (SSSR count). The van der Waals surface area contributed by atoms with Crippen LogP contribution in [0.25, 0.3) is 10.8 Å². The molecular weight excluding hydrogens is 428 g/mol. The van der Waals surface area contributed by atoms with Gasteiger partial charge in [0.25, 0.3) is 11.5 Å². The largest absolute Gasteiger partial charge is 0.493 e. The number of methoxy groups -OCH3 is 2. The van der Waals surface area contributed by atoms with Crippen LogP contribution >= 0.6 is 0 Å². The van der Waals surface area contributed by atoms with Gasteiger partial charge in [-0.05, 0) is 24.6 Å². The van der Waals surface area contributed by atoms with Gasteiger partial charge in [-0.2, -0.15) is 10.2 Å². The molecule has 1 heterocycles. The molecule has 2 aromatic carbocycles. The van der Waals surface area contributed by atoms with Gasteiger partial charge in [-0.3, -0.25) is 14.4 Å².